The normalized spacial score (nSPS) is 10.1. The molecule has 0 bridgehead atoms. The largest absolute Gasteiger partial charge is 0.381 e. The molecule has 0 aliphatic carbocycles. The summed E-state index contributed by atoms with van der Waals surface area (Å²) in [6.07, 6.45) is 0. The van der Waals surface area contributed by atoms with Gasteiger partial charge in [0.2, 0.25) is 0 Å². The maximum Gasteiger partial charge on any atom is 0.125 e. The first-order valence-electron chi connectivity index (χ1n) is 4.98. The minimum Gasteiger partial charge on any atom is -0.381 e. The Morgan fingerprint density at radius 1 is 1.06 bits per heavy atom. The molecule has 3 heteroatoms. The Balaban J connectivity index is 1.99. The van der Waals surface area contributed by atoms with E-state index in [1.165, 1.54) is 21.3 Å². The summed E-state index contributed by atoms with van der Waals surface area (Å²) in [6, 6.07) is 14.7. The van der Waals surface area contributed by atoms with Crippen molar-refractivity contribution < 1.29 is 4.39 Å². The molecule has 2 aromatic rings. The highest BCUT2D eigenvalue weighted by Crippen LogP contribution is 2.12. The number of anilines is 1. The van der Waals surface area contributed by atoms with E-state index in [4.69, 9.17) is 0 Å². The van der Waals surface area contributed by atoms with Crippen molar-refractivity contribution in [2.75, 3.05) is 5.32 Å². The van der Waals surface area contributed by atoms with Crippen LogP contribution in [0.15, 0.2) is 48.5 Å². The third-order valence-electron chi connectivity index (χ3n) is 2.23. The van der Waals surface area contributed by atoms with Crippen LogP contribution in [0.5, 0.6) is 0 Å². The maximum atomic E-state index is 12.9. The van der Waals surface area contributed by atoms with Gasteiger partial charge in [0.05, 0.1) is 0 Å². The number of rotatable bonds is 3. The highest BCUT2D eigenvalue weighted by molar-refractivity contribution is 14.1. The smallest absolute Gasteiger partial charge is 0.125 e. The monoisotopic (exact) mass is 327 g/mol. The predicted octanol–water partition coefficient (Wildman–Crippen LogP) is 4.04. The molecule has 0 aliphatic rings. The number of halogens is 2. The molecule has 0 aliphatic heterocycles. The highest BCUT2D eigenvalue weighted by atomic mass is 127. The fraction of sp³-hybridized carbons (Fsp3) is 0.0769. The summed E-state index contributed by atoms with van der Waals surface area (Å²) in [6.45, 7) is 0.709. The van der Waals surface area contributed by atoms with Crippen LogP contribution in [0.25, 0.3) is 0 Å². The van der Waals surface area contributed by atoms with Gasteiger partial charge in [-0.15, -0.1) is 0 Å². The van der Waals surface area contributed by atoms with Crippen LogP contribution in [0.1, 0.15) is 5.56 Å². The van der Waals surface area contributed by atoms with Crippen LogP contribution in [-0.2, 0) is 6.54 Å². The summed E-state index contributed by atoms with van der Waals surface area (Å²) in [4.78, 5) is 0. The van der Waals surface area contributed by atoms with Crippen molar-refractivity contribution in [2.45, 2.75) is 6.54 Å². The molecule has 0 amide bonds. The molecule has 2 rings (SSSR count). The van der Waals surface area contributed by atoms with E-state index in [1.54, 1.807) is 6.07 Å². The van der Waals surface area contributed by atoms with Gasteiger partial charge in [0.15, 0.2) is 0 Å². The third kappa shape index (κ3) is 3.20. The van der Waals surface area contributed by atoms with Gasteiger partial charge in [-0.1, -0.05) is 18.2 Å². The van der Waals surface area contributed by atoms with Crippen LogP contribution in [0.4, 0.5) is 10.1 Å². The lowest BCUT2D eigenvalue weighted by Gasteiger charge is -2.06. The van der Waals surface area contributed by atoms with E-state index < -0.39 is 0 Å². The Morgan fingerprint density at radius 3 is 2.50 bits per heavy atom. The standard InChI is InChI=1S/C13H11FIN/c14-11-2-1-3-13(8-11)16-9-10-4-6-12(15)7-5-10/h1-8,16H,9H2. The quantitative estimate of drug-likeness (QED) is 0.839. The molecule has 16 heavy (non-hydrogen) atoms. The predicted molar refractivity (Wildman–Crippen MR) is 72.9 cm³/mol. The number of nitrogens with one attached hydrogen (secondary N) is 1. The SMILES string of the molecule is Fc1cccc(NCc2ccc(I)cc2)c1. The van der Waals surface area contributed by atoms with Crippen LogP contribution in [0.2, 0.25) is 0 Å². The molecule has 0 unspecified atom stereocenters. The molecular formula is C13H11FIN. The molecule has 1 N–H and O–H groups in total. The number of hydrogen-bond donors (Lipinski definition) is 1. The number of benzene rings is 2. The van der Waals surface area contributed by atoms with E-state index in [2.05, 4.69) is 52.2 Å². The second-order valence-electron chi connectivity index (χ2n) is 3.49. The fourth-order valence-corrected chi connectivity index (χ4v) is 1.76. The van der Waals surface area contributed by atoms with Crippen LogP contribution in [-0.4, -0.2) is 0 Å². The topological polar surface area (TPSA) is 12.0 Å². The van der Waals surface area contributed by atoms with Crippen molar-refractivity contribution in [2.24, 2.45) is 0 Å². The van der Waals surface area contributed by atoms with E-state index in [0.717, 1.165) is 5.69 Å². The molecule has 2 aromatic carbocycles. The molecule has 0 saturated carbocycles. The molecule has 0 heterocycles. The van der Waals surface area contributed by atoms with Gasteiger partial charge < -0.3 is 5.32 Å². The van der Waals surface area contributed by atoms with Crippen molar-refractivity contribution in [3.8, 4) is 0 Å². The summed E-state index contributed by atoms with van der Waals surface area (Å²) < 4.78 is 14.1. The van der Waals surface area contributed by atoms with Gasteiger partial charge in [0.1, 0.15) is 5.82 Å². The third-order valence-corrected chi connectivity index (χ3v) is 2.95. The van der Waals surface area contributed by atoms with Crippen LogP contribution >= 0.6 is 22.6 Å². The first kappa shape index (κ1) is 11.4. The summed E-state index contributed by atoms with van der Waals surface area (Å²) in [7, 11) is 0. The second-order valence-corrected chi connectivity index (χ2v) is 4.74. The van der Waals surface area contributed by atoms with Crippen LogP contribution in [0.3, 0.4) is 0 Å². The molecule has 0 saturated heterocycles. The van der Waals surface area contributed by atoms with Crippen molar-refractivity contribution in [1.82, 2.24) is 0 Å². The minimum atomic E-state index is -0.215. The zero-order valence-corrected chi connectivity index (χ0v) is 10.7. The van der Waals surface area contributed by atoms with Crippen molar-refractivity contribution in [3.63, 3.8) is 0 Å². The minimum absolute atomic E-state index is 0.215. The van der Waals surface area contributed by atoms with Crippen LogP contribution < -0.4 is 5.32 Å². The van der Waals surface area contributed by atoms with Gasteiger partial charge in [-0.25, -0.2) is 4.39 Å². The summed E-state index contributed by atoms with van der Waals surface area (Å²) >= 11 is 2.27. The van der Waals surface area contributed by atoms with E-state index in [1.807, 2.05) is 6.07 Å². The first-order chi connectivity index (χ1) is 7.74. The summed E-state index contributed by atoms with van der Waals surface area (Å²) in [5.41, 5.74) is 1.99. The molecule has 0 radical (unpaired) electrons. The van der Waals surface area contributed by atoms with E-state index >= 15 is 0 Å². The molecule has 82 valence electrons. The van der Waals surface area contributed by atoms with Gasteiger partial charge in [-0.05, 0) is 58.5 Å². The van der Waals surface area contributed by atoms with Gasteiger partial charge >= 0.3 is 0 Å². The van der Waals surface area contributed by atoms with Crippen molar-refractivity contribution >= 4 is 28.3 Å². The highest BCUT2D eigenvalue weighted by Gasteiger charge is 1.95. The average molecular weight is 327 g/mol. The first-order valence-corrected chi connectivity index (χ1v) is 6.06. The lowest BCUT2D eigenvalue weighted by Crippen LogP contribution is -1.99. The molecule has 0 fully saturated rings. The molecule has 1 nitrogen and oxygen atoms in total. The van der Waals surface area contributed by atoms with E-state index in [0.29, 0.717) is 6.54 Å². The van der Waals surface area contributed by atoms with Crippen molar-refractivity contribution in [1.29, 1.82) is 0 Å². The Bertz CT molecular complexity index is 468. The van der Waals surface area contributed by atoms with Gasteiger partial charge in [-0.2, -0.15) is 0 Å². The summed E-state index contributed by atoms with van der Waals surface area (Å²) in [5.74, 6) is -0.215. The average Bonchev–Trinajstić information content (AvgIpc) is 2.28. The zero-order valence-electron chi connectivity index (χ0n) is 8.58. The molecule has 0 atom stereocenters. The number of hydrogen-bond acceptors (Lipinski definition) is 1. The van der Waals surface area contributed by atoms with Gasteiger partial charge in [0.25, 0.3) is 0 Å². The second kappa shape index (κ2) is 5.30. The Kier molecular flexibility index (Phi) is 3.77. The summed E-state index contributed by atoms with van der Waals surface area (Å²) in [5, 5.41) is 3.18. The molecule has 0 spiro atoms. The maximum absolute atomic E-state index is 12.9. The lowest BCUT2D eigenvalue weighted by molar-refractivity contribution is 0.628. The van der Waals surface area contributed by atoms with Crippen LogP contribution in [0, 0.1) is 9.39 Å². The van der Waals surface area contributed by atoms with Gasteiger partial charge in [-0.3, -0.25) is 0 Å². The molecular weight excluding hydrogens is 316 g/mol. The fourth-order valence-electron chi connectivity index (χ4n) is 1.40. The van der Waals surface area contributed by atoms with Crippen molar-refractivity contribution in [3.05, 3.63) is 63.5 Å². The molecule has 0 aromatic heterocycles. The Hall–Kier alpha value is -1.10. The lowest BCUT2D eigenvalue weighted by atomic mass is 10.2. The Labute approximate surface area is 108 Å². The van der Waals surface area contributed by atoms with E-state index in [9.17, 15) is 4.39 Å². The zero-order chi connectivity index (χ0) is 11.4. The van der Waals surface area contributed by atoms with Gasteiger partial charge in [0, 0.05) is 15.8 Å². The Morgan fingerprint density at radius 2 is 1.81 bits per heavy atom. The van der Waals surface area contributed by atoms with E-state index in [-0.39, 0.29) is 5.82 Å².